The summed E-state index contributed by atoms with van der Waals surface area (Å²) >= 11 is 0. The lowest BCUT2D eigenvalue weighted by Crippen LogP contribution is -2.10. The number of hydrogen-bond donors (Lipinski definition) is 2. The Morgan fingerprint density at radius 3 is 2.83 bits per heavy atom. The number of rotatable bonds is 0. The molecule has 0 saturated carbocycles. The van der Waals surface area contributed by atoms with Gasteiger partial charge < -0.3 is 5.43 Å². The van der Waals surface area contributed by atoms with Crippen molar-refractivity contribution in [3.63, 3.8) is 0 Å². The van der Waals surface area contributed by atoms with Crippen LogP contribution in [0.3, 0.4) is 0 Å². The van der Waals surface area contributed by atoms with Crippen molar-refractivity contribution < 1.29 is 0 Å². The zero-order chi connectivity index (χ0) is 4.41. The molecule has 1 aliphatic heterocycles. The molecule has 0 fully saturated rings. The Balaban J connectivity index is 2.45. The van der Waals surface area contributed by atoms with Gasteiger partial charge in [0.25, 0.3) is 0 Å². The molecule has 2 nitrogen and oxygen atoms in total. The van der Waals surface area contributed by atoms with Gasteiger partial charge in [0.05, 0.1) is 0 Å². The van der Waals surface area contributed by atoms with Crippen LogP contribution in [0.5, 0.6) is 0 Å². The van der Waals surface area contributed by atoms with Gasteiger partial charge in [0.15, 0.2) is 0 Å². The molecular formula is C3H7N2P. The van der Waals surface area contributed by atoms with Gasteiger partial charge in [0.1, 0.15) is 0 Å². The van der Waals surface area contributed by atoms with E-state index in [-0.39, 0.29) is 0 Å². The molecule has 0 aromatic heterocycles. The molecule has 0 amide bonds. The monoisotopic (exact) mass is 102 g/mol. The van der Waals surface area contributed by atoms with Gasteiger partial charge in [-0.05, 0) is 21.0 Å². The van der Waals surface area contributed by atoms with Crippen LogP contribution in [0.2, 0.25) is 0 Å². The van der Waals surface area contributed by atoms with Crippen molar-refractivity contribution in [2.45, 2.75) is 6.92 Å². The van der Waals surface area contributed by atoms with Crippen molar-refractivity contribution in [1.82, 2.24) is 10.6 Å². The molecule has 1 atom stereocenters. The molecule has 3 heteroatoms. The van der Waals surface area contributed by atoms with Gasteiger partial charge in [0, 0.05) is 6.20 Å². The number of hydrogen-bond acceptors (Lipinski definition) is 2. The van der Waals surface area contributed by atoms with Crippen LogP contribution >= 0.6 is 8.73 Å². The van der Waals surface area contributed by atoms with E-state index in [9.17, 15) is 0 Å². The Morgan fingerprint density at radius 2 is 2.67 bits per heavy atom. The van der Waals surface area contributed by atoms with Crippen molar-refractivity contribution in [3.8, 4) is 0 Å². The second-order valence-electron chi connectivity index (χ2n) is 1.22. The molecule has 0 aromatic rings. The van der Waals surface area contributed by atoms with Gasteiger partial charge in [-0.2, -0.15) is 0 Å². The largest absolute Gasteiger partial charge is 0.325 e. The van der Waals surface area contributed by atoms with Crippen LogP contribution in [-0.2, 0) is 0 Å². The first kappa shape index (κ1) is 4.10. The number of allylic oxidation sites excluding steroid dienone is 1. The van der Waals surface area contributed by atoms with Gasteiger partial charge in [-0.3, -0.25) is 0 Å². The minimum Gasteiger partial charge on any atom is -0.325 e. The first-order chi connectivity index (χ1) is 2.89. The molecule has 1 heterocycles. The minimum atomic E-state index is 0.782. The molecule has 0 saturated heterocycles. The van der Waals surface area contributed by atoms with Gasteiger partial charge in [0.2, 0.25) is 0 Å². The van der Waals surface area contributed by atoms with Crippen molar-refractivity contribution >= 4 is 8.73 Å². The summed E-state index contributed by atoms with van der Waals surface area (Å²) in [6.07, 6.45) is 1.97. The van der Waals surface area contributed by atoms with Crippen LogP contribution < -0.4 is 10.6 Å². The van der Waals surface area contributed by atoms with Crippen molar-refractivity contribution in [2.75, 3.05) is 0 Å². The summed E-state index contributed by atoms with van der Waals surface area (Å²) in [5.41, 5.74) is 2.87. The van der Waals surface area contributed by atoms with Crippen LogP contribution in [0.25, 0.3) is 0 Å². The third-order valence-electron chi connectivity index (χ3n) is 0.621. The lowest BCUT2D eigenvalue weighted by molar-refractivity contribution is 0.889. The maximum absolute atomic E-state index is 2.96. The summed E-state index contributed by atoms with van der Waals surface area (Å²) in [4.78, 5) is 0. The van der Waals surface area contributed by atoms with E-state index in [1.54, 1.807) is 0 Å². The van der Waals surface area contributed by atoms with E-state index < -0.39 is 0 Å². The Bertz CT molecular complexity index is 78.9. The normalized spacial score (nSPS) is 23.8. The van der Waals surface area contributed by atoms with Crippen molar-refractivity contribution in [3.05, 3.63) is 11.5 Å². The van der Waals surface area contributed by atoms with E-state index in [1.807, 2.05) is 6.20 Å². The minimum absolute atomic E-state index is 0.782. The lowest BCUT2D eigenvalue weighted by Gasteiger charge is -1.85. The Labute approximate surface area is 38.8 Å². The highest BCUT2D eigenvalue weighted by molar-refractivity contribution is 7.40. The zero-order valence-corrected chi connectivity index (χ0v) is 4.58. The lowest BCUT2D eigenvalue weighted by atomic mass is 10.7. The van der Waals surface area contributed by atoms with Gasteiger partial charge >= 0.3 is 0 Å². The maximum Gasteiger partial charge on any atom is 0.0173 e. The second kappa shape index (κ2) is 1.59. The third kappa shape index (κ3) is 0.703. The van der Waals surface area contributed by atoms with Crippen LogP contribution in [0.1, 0.15) is 6.92 Å². The molecule has 34 valence electrons. The predicted molar refractivity (Wildman–Crippen MR) is 28.3 cm³/mol. The van der Waals surface area contributed by atoms with E-state index in [0.717, 1.165) is 8.73 Å². The highest BCUT2D eigenvalue weighted by Gasteiger charge is 1.91. The zero-order valence-electron chi connectivity index (χ0n) is 3.58. The van der Waals surface area contributed by atoms with Gasteiger partial charge in [-0.15, -0.1) is 0 Å². The highest BCUT2D eigenvalue weighted by Crippen LogP contribution is 2.18. The number of nitrogens with one attached hydrogen (secondary N) is 2. The molecular weight excluding hydrogens is 95.0 g/mol. The maximum atomic E-state index is 2.96. The fraction of sp³-hybridized carbons (Fsp3) is 0.333. The molecule has 0 aromatic carbocycles. The van der Waals surface area contributed by atoms with Crippen LogP contribution in [0, 0.1) is 0 Å². The van der Waals surface area contributed by atoms with E-state index in [4.69, 9.17) is 0 Å². The van der Waals surface area contributed by atoms with Crippen molar-refractivity contribution in [2.24, 2.45) is 0 Å². The van der Waals surface area contributed by atoms with Crippen molar-refractivity contribution in [1.29, 1.82) is 0 Å². The summed E-state index contributed by atoms with van der Waals surface area (Å²) in [5.74, 6) is 0. The summed E-state index contributed by atoms with van der Waals surface area (Å²) in [6.45, 7) is 2.09. The smallest absolute Gasteiger partial charge is 0.0173 e. The summed E-state index contributed by atoms with van der Waals surface area (Å²) < 4.78 is 0. The van der Waals surface area contributed by atoms with E-state index in [2.05, 4.69) is 17.5 Å². The molecule has 1 rings (SSSR count). The fourth-order valence-electron chi connectivity index (χ4n) is 0.315. The quantitative estimate of drug-likeness (QED) is 0.436. The summed E-state index contributed by atoms with van der Waals surface area (Å²) in [6, 6.07) is 0. The average molecular weight is 102 g/mol. The molecule has 0 spiro atoms. The predicted octanol–water partition coefficient (Wildman–Crippen LogP) is 0.549. The molecule has 0 aliphatic carbocycles. The van der Waals surface area contributed by atoms with E-state index >= 15 is 0 Å². The van der Waals surface area contributed by atoms with Gasteiger partial charge in [-0.1, -0.05) is 0 Å². The summed E-state index contributed by atoms with van der Waals surface area (Å²) in [7, 11) is 0.782. The molecule has 6 heavy (non-hydrogen) atoms. The van der Waals surface area contributed by atoms with Gasteiger partial charge in [-0.25, -0.2) is 5.20 Å². The van der Waals surface area contributed by atoms with E-state index in [1.165, 1.54) is 5.31 Å². The number of hydrazine groups is 1. The Hall–Kier alpha value is -0.0700. The van der Waals surface area contributed by atoms with Crippen LogP contribution in [0.15, 0.2) is 11.5 Å². The Morgan fingerprint density at radius 1 is 1.83 bits per heavy atom. The first-order valence-corrected chi connectivity index (χ1v) is 2.83. The molecule has 2 N–H and O–H groups in total. The van der Waals surface area contributed by atoms with Crippen LogP contribution in [0.4, 0.5) is 0 Å². The molecule has 1 aliphatic rings. The average Bonchev–Trinajstić information content (AvgIpc) is 1.86. The van der Waals surface area contributed by atoms with Crippen LogP contribution in [-0.4, -0.2) is 0 Å². The SMILES string of the molecule is CC1=CNNP1. The molecule has 0 radical (unpaired) electrons. The molecule has 1 unspecified atom stereocenters. The Kier molecular flexibility index (Phi) is 1.08. The van der Waals surface area contributed by atoms with E-state index in [0.29, 0.717) is 0 Å². The third-order valence-corrected chi connectivity index (χ3v) is 1.43. The topological polar surface area (TPSA) is 24.1 Å². The second-order valence-corrected chi connectivity index (χ2v) is 2.51. The highest BCUT2D eigenvalue weighted by atomic mass is 31.1. The standard InChI is InChI=1S/C3H7N2P/c1-3-2-4-5-6-3/h2,4-6H,1H3. The molecule has 0 bridgehead atoms. The first-order valence-electron chi connectivity index (χ1n) is 1.83. The summed E-state index contributed by atoms with van der Waals surface area (Å²) in [5, 5.41) is 4.34. The fourth-order valence-corrected chi connectivity index (χ4v) is 0.801.